The van der Waals surface area contributed by atoms with Crippen LogP contribution in [-0.4, -0.2) is 50.8 Å². The van der Waals surface area contributed by atoms with E-state index in [4.69, 9.17) is 5.73 Å². The van der Waals surface area contributed by atoms with Gasteiger partial charge in [0.1, 0.15) is 0 Å². The Morgan fingerprint density at radius 2 is 2.06 bits per heavy atom. The molecule has 1 saturated heterocycles. The molecule has 98 valence electrons. The molecule has 1 rings (SSSR count). The number of likely N-dealkylation sites (tertiary alicyclic amines) is 1. The maximum absolute atomic E-state index is 11.0. The molecular weight excluding hydrogens is 250 g/mol. The average molecular weight is 272 g/mol. The van der Waals surface area contributed by atoms with Crippen LogP contribution in [0.15, 0.2) is 0 Å². The normalized spacial score (nSPS) is 23.1. The molecule has 1 atom stereocenters. The second-order valence-electron chi connectivity index (χ2n) is 5.10. The van der Waals surface area contributed by atoms with Crippen LogP contribution >= 0.6 is 12.4 Å². The zero-order valence-corrected chi connectivity index (χ0v) is 11.7. The molecule has 0 amide bonds. The molecule has 0 radical (unpaired) electrons. The van der Waals surface area contributed by atoms with Crippen molar-refractivity contribution in [2.75, 3.05) is 25.9 Å². The highest BCUT2D eigenvalue weighted by Gasteiger charge is 2.27. The lowest BCUT2D eigenvalue weighted by Gasteiger charge is -2.26. The van der Waals surface area contributed by atoms with Crippen LogP contribution in [0.4, 0.5) is 0 Å². The van der Waals surface area contributed by atoms with Crippen molar-refractivity contribution in [1.29, 1.82) is 0 Å². The van der Waals surface area contributed by atoms with E-state index in [1.807, 2.05) is 13.8 Å². The third kappa shape index (κ3) is 6.65. The molecule has 0 aromatic carbocycles. The summed E-state index contributed by atoms with van der Waals surface area (Å²) in [6.07, 6.45) is 2.06. The van der Waals surface area contributed by atoms with Crippen molar-refractivity contribution in [3.63, 3.8) is 0 Å². The monoisotopic (exact) mass is 271 g/mol. The third-order valence-electron chi connectivity index (χ3n) is 2.28. The lowest BCUT2D eigenvalue weighted by atomic mass is 10.1. The molecule has 1 unspecified atom stereocenters. The number of nitrogens with one attached hydrogen (secondary N) is 1. The fourth-order valence-corrected chi connectivity index (χ4v) is 2.75. The minimum atomic E-state index is -3.08. The van der Waals surface area contributed by atoms with Crippen LogP contribution < -0.4 is 10.5 Å². The number of rotatable bonds is 4. The van der Waals surface area contributed by atoms with E-state index in [9.17, 15) is 8.42 Å². The SMILES string of the molecule is CC(C)(N)CN1CCC(NS(C)(=O)=O)C1.Cl. The zero-order chi connectivity index (χ0) is 11.7. The van der Waals surface area contributed by atoms with Crippen LogP contribution in [0.1, 0.15) is 20.3 Å². The molecule has 1 fully saturated rings. The Morgan fingerprint density at radius 3 is 2.50 bits per heavy atom. The van der Waals surface area contributed by atoms with E-state index in [0.29, 0.717) is 0 Å². The van der Waals surface area contributed by atoms with Gasteiger partial charge < -0.3 is 5.73 Å². The van der Waals surface area contributed by atoms with Crippen molar-refractivity contribution in [2.45, 2.75) is 31.8 Å². The van der Waals surface area contributed by atoms with Gasteiger partial charge in [0.15, 0.2) is 0 Å². The lowest BCUT2D eigenvalue weighted by molar-refractivity contribution is 0.267. The first kappa shape index (κ1) is 16.1. The maximum Gasteiger partial charge on any atom is 0.208 e. The molecular formula is C9H22ClN3O2S. The number of halogens is 1. The summed E-state index contributed by atoms with van der Waals surface area (Å²) in [7, 11) is -3.08. The van der Waals surface area contributed by atoms with Gasteiger partial charge in [-0.3, -0.25) is 4.90 Å². The predicted octanol–water partition coefficient (Wildman–Crippen LogP) is -0.231. The summed E-state index contributed by atoms with van der Waals surface area (Å²) in [5.74, 6) is 0. The van der Waals surface area contributed by atoms with Gasteiger partial charge in [-0.25, -0.2) is 13.1 Å². The van der Waals surface area contributed by atoms with Crippen LogP contribution in [-0.2, 0) is 10.0 Å². The first-order valence-electron chi connectivity index (χ1n) is 5.14. The molecule has 1 aliphatic heterocycles. The molecule has 7 heteroatoms. The summed E-state index contributed by atoms with van der Waals surface area (Å²) in [5.41, 5.74) is 5.69. The van der Waals surface area contributed by atoms with Gasteiger partial charge in [-0.1, -0.05) is 0 Å². The van der Waals surface area contributed by atoms with Gasteiger partial charge in [-0.15, -0.1) is 12.4 Å². The summed E-state index contributed by atoms with van der Waals surface area (Å²) in [6, 6.07) is 0.0438. The Kier molecular flexibility index (Phi) is 5.68. The topological polar surface area (TPSA) is 75.4 Å². The Labute approximate surface area is 104 Å². The summed E-state index contributed by atoms with van der Waals surface area (Å²) >= 11 is 0. The molecule has 1 aliphatic rings. The summed E-state index contributed by atoms with van der Waals surface area (Å²) < 4.78 is 24.7. The van der Waals surface area contributed by atoms with Crippen LogP contribution in [0, 0.1) is 0 Å². The Balaban J connectivity index is 0.00000225. The zero-order valence-electron chi connectivity index (χ0n) is 10.1. The summed E-state index contributed by atoms with van der Waals surface area (Å²) in [5, 5.41) is 0. The minimum Gasteiger partial charge on any atom is -0.324 e. The van der Waals surface area contributed by atoms with Crippen molar-refractivity contribution in [3.8, 4) is 0 Å². The van der Waals surface area contributed by atoms with Crippen LogP contribution in [0.5, 0.6) is 0 Å². The molecule has 16 heavy (non-hydrogen) atoms. The third-order valence-corrected chi connectivity index (χ3v) is 3.05. The van der Waals surface area contributed by atoms with Crippen molar-refractivity contribution >= 4 is 22.4 Å². The second-order valence-corrected chi connectivity index (χ2v) is 6.88. The quantitative estimate of drug-likeness (QED) is 0.741. The van der Waals surface area contributed by atoms with E-state index in [1.54, 1.807) is 0 Å². The number of sulfonamides is 1. The van der Waals surface area contributed by atoms with Gasteiger partial charge in [0, 0.05) is 24.7 Å². The molecule has 0 aromatic heterocycles. The number of nitrogens with zero attached hydrogens (tertiary/aromatic N) is 1. The van der Waals surface area contributed by atoms with Gasteiger partial charge in [0.25, 0.3) is 0 Å². The second kappa shape index (κ2) is 5.64. The standard InChI is InChI=1S/C9H21N3O2S.ClH/c1-9(2,10)7-12-5-4-8(6-12)11-15(3,13)14;/h8,11H,4-7,10H2,1-3H3;1H. The molecule has 5 nitrogen and oxygen atoms in total. The highest BCUT2D eigenvalue weighted by Crippen LogP contribution is 2.12. The fourth-order valence-electron chi connectivity index (χ4n) is 1.95. The van der Waals surface area contributed by atoms with Gasteiger partial charge in [0.2, 0.25) is 10.0 Å². The smallest absolute Gasteiger partial charge is 0.208 e. The van der Waals surface area contributed by atoms with Crippen LogP contribution in [0.25, 0.3) is 0 Å². The predicted molar refractivity (Wildman–Crippen MR) is 68.3 cm³/mol. The number of hydrogen-bond acceptors (Lipinski definition) is 4. The molecule has 0 spiro atoms. The summed E-state index contributed by atoms with van der Waals surface area (Å²) in [4.78, 5) is 2.20. The highest BCUT2D eigenvalue weighted by molar-refractivity contribution is 7.88. The molecule has 3 N–H and O–H groups in total. The summed E-state index contributed by atoms with van der Waals surface area (Å²) in [6.45, 7) is 6.42. The van der Waals surface area contributed by atoms with Crippen molar-refractivity contribution in [2.24, 2.45) is 5.73 Å². The van der Waals surface area contributed by atoms with E-state index in [-0.39, 0.29) is 24.0 Å². The Bertz CT molecular complexity index is 313. The van der Waals surface area contributed by atoms with E-state index in [0.717, 1.165) is 26.1 Å². The van der Waals surface area contributed by atoms with E-state index in [2.05, 4.69) is 9.62 Å². The number of hydrogen-bond donors (Lipinski definition) is 2. The van der Waals surface area contributed by atoms with Gasteiger partial charge >= 0.3 is 0 Å². The van der Waals surface area contributed by atoms with Crippen LogP contribution in [0.2, 0.25) is 0 Å². The van der Waals surface area contributed by atoms with Crippen molar-refractivity contribution in [3.05, 3.63) is 0 Å². The highest BCUT2D eigenvalue weighted by atomic mass is 35.5. The van der Waals surface area contributed by atoms with E-state index in [1.165, 1.54) is 6.26 Å². The molecule has 1 heterocycles. The minimum absolute atomic E-state index is 0. The lowest BCUT2D eigenvalue weighted by Crippen LogP contribution is -2.45. The van der Waals surface area contributed by atoms with Crippen molar-refractivity contribution < 1.29 is 8.42 Å². The molecule has 0 saturated carbocycles. The average Bonchev–Trinajstić information content (AvgIpc) is 2.28. The number of nitrogens with two attached hydrogens (primary N) is 1. The molecule has 0 aliphatic carbocycles. The Hall–Kier alpha value is 0.120. The van der Waals surface area contributed by atoms with E-state index < -0.39 is 10.0 Å². The molecule has 0 aromatic rings. The fraction of sp³-hybridized carbons (Fsp3) is 1.00. The van der Waals surface area contributed by atoms with Crippen molar-refractivity contribution in [1.82, 2.24) is 9.62 Å². The molecule has 0 bridgehead atoms. The Morgan fingerprint density at radius 1 is 1.50 bits per heavy atom. The van der Waals surface area contributed by atoms with Crippen LogP contribution in [0.3, 0.4) is 0 Å². The first-order valence-corrected chi connectivity index (χ1v) is 7.03. The van der Waals surface area contributed by atoms with Gasteiger partial charge in [0.05, 0.1) is 6.26 Å². The van der Waals surface area contributed by atoms with E-state index >= 15 is 0 Å². The largest absolute Gasteiger partial charge is 0.324 e. The van der Waals surface area contributed by atoms with Gasteiger partial charge in [-0.05, 0) is 26.8 Å². The maximum atomic E-state index is 11.0. The van der Waals surface area contributed by atoms with Gasteiger partial charge in [-0.2, -0.15) is 0 Å². The first-order chi connectivity index (χ1) is 6.66.